The molecule has 1 amide bonds. The van der Waals surface area contributed by atoms with Crippen LogP contribution in [0.1, 0.15) is 22.5 Å². The number of carbonyl (C=O) groups is 2. The molecule has 132 valence electrons. The molecule has 25 heavy (non-hydrogen) atoms. The highest BCUT2D eigenvalue weighted by atomic mass is 19.3. The first-order valence-electron chi connectivity index (χ1n) is 7.68. The van der Waals surface area contributed by atoms with Crippen LogP contribution in [-0.2, 0) is 4.79 Å². The van der Waals surface area contributed by atoms with Gasteiger partial charge in [-0.05, 0) is 24.6 Å². The number of hydrogen-bond acceptors (Lipinski definition) is 4. The number of carboxylic acid groups (broad SMARTS) is 1. The number of fused-ring (bicyclic) bond motifs is 1. The summed E-state index contributed by atoms with van der Waals surface area (Å²) in [7, 11) is 0. The van der Waals surface area contributed by atoms with Crippen molar-refractivity contribution < 1.29 is 28.2 Å². The summed E-state index contributed by atoms with van der Waals surface area (Å²) >= 11 is 0. The molecule has 1 fully saturated rings. The van der Waals surface area contributed by atoms with E-state index in [0.717, 1.165) is 10.5 Å². The Morgan fingerprint density at radius 2 is 2.12 bits per heavy atom. The smallest absolute Gasteiger partial charge is 0.354 e. The van der Waals surface area contributed by atoms with Gasteiger partial charge in [-0.1, -0.05) is 6.07 Å². The first kappa shape index (κ1) is 17.1. The number of halogens is 2. The van der Waals surface area contributed by atoms with E-state index in [4.69, 9.17) is 9.84 Å². The van der Waals surface area contributed by atoms with Gasteiger partial charge < -0.3 is 14.7 Å². The van der Waals surface area contributed by atoms with Crippen LogP contribution in [0, 0.1) is 6.92 Å². The van der Waals surface area contributed by atoms with E-state index in [9.17, 15) is 18.4 Å². The molecule has 1 aromatic carbocycles. The molecule has 1 aromatic heterocycles. The van der Waals surface area contributed by atoms with Crippen molar-refractivity contribution in [3.05, 3.63) is 35.5 Å². The molecule has 0 spiro atoms. The normalized spacial score (nSPS) is 16.2. The quantitative estimate of drug-likeness (QED) is 0.916. The molecular formula is C17H16F2N2O4. The number of nitrogens with zero attached hydrogens (tertiary/aromatic N) is 2. The number of pyridine rings is 1. The van der Waals surface area contributed by atoms with Gasteiger partial charge in [0.05, 0.1) is 12.1 Å². The van der Waals surface area contributed by atoms with E-state index in [1.54, 1.807) is 18.2 Å². The average molecular weight is 350 g/mol. The molecule has 2 heterocycles. The van der Waals surface area contributed by atoms with Crippen LogP contribution in [0.5, 0.6) is 5.75 Å². The standard InChI is InChI=1S/C17H16F2N2O4/c1-10-2-3-11-12(6-10)20-13(16(23)24)7-14(11)25-8-15(22)21-5-4-17(18,19)9-21/h2-3,6-7H,4-5,8-9H2,1H3,(H,23,24). The molecule has 6 nitrogen and oxygen atoms in total. The predicted molar refractivity (Wildman–Crippen MR) is 85.1 cm³/mol. The van der Waals surface area contributed by atoms with Gasteiger partial charge in [0.25, 0.3) is 11.8 Å². The Kier molecular flexibility index (Phi) is 4.28. The Labute approximate surface area is 142 Å². The van der Waals surface area contributed by atoms with E-state index in [0.29, 0.717) is 10.9 Å². The third-order valence-electron chi connectivity index (χ3n) is 4.02. The zero-order valence-electron chi connectivity index (χ0n) is 13.5. The molecule has 0 saturated carbocycles. The van der Waals surface area contributed by atoms with Crippen molar-refractivity contribution in [3.63, 3.8) is 0 Å². The van der Waals surface area contributed by atoms with E-state index >= 15 is 0 Å². The lowest BCUT2D eigenvalue weighted by Crippen LogP contribution is -2.35. The molecule has 3 rings (SSSR count). The van der Waals surface area contributed by atoms with Crippen LogP contribution in [0.2, 0.25) is 0 Å². The molecule has 0 radical (unpaired) electrons. The lowest BCUT2D eigenvalue weighted by atomic mass is 10.1. The summed E-state index contributed by atoms with van der Waals surface area (Å²) in [5.41, 5.74) is 1.10. The maximum Gasteiger partial charge on any atom is 0.354 e. The van der Waals surface area contributed by atoms with E-state index in [1.807, 2.05) is 6.92 Å². The summed E-state index contributed by atoms with van der Waals surface area (Å²) in [6.45, 7) is 0.756. The van der Waals surface area contributed by atoms with Crippen molar-refractivity contribution in [3.8, 4) is 5.75 Å². The number of likely N-dealkylation sites (tertiary alicyclic amines) is 1. The molecule has 8 heteroatoms. The summed E-state index contributed by atoms with van der Waals surface area (Å²) in [5, 5.41) is 9.72. The first-order valence-corrected chi connectivity index (χ1v) is 7.68. The third-order valence-corrected chi connectivity index (χ3v) is 4.02. The molecule has 0 atom stereocenters. The van der Waals surface area contributed by atoms with Gasteiger partial charge in [0.2, 0.25) is 0 Å². The second-order valence-corrected chi connectivity index (χ2v) is 6.04. The van der Waals surface area contributed by atoms with Gasteiger partial charge in [0, 0.05) is 24.4 Å². The van der Waals surface area contributed by atoms with E-state index in [-0.39, 0.29) is 24.4 Å². The second kappa shape index (κ2) is 6.27. The molecule has 1 aliphatic heterocycles. The Morgan fingerprint density at radius 3 is 2.76 bits per heavy atom. The number of alkyl halides is 2. The topological polar surface area (TPSA) is 79.7 Å². The first-order chi connectivity index (χ1) is 11.7. The summed E-state index contributed by atoms with van der Waals surface area (Å²) in [6, 6.07) is 6.45. The van der Waals surface area contributed by atoms with Crippen LogP contribution in [0.25, 0.3) is 10.9 Å². The third kappa shape index (κ3) is 3.67. The number of hydrogen-bond donors (Lipinski definition) is 1. The maximum atomic E-state index is 13.2. The van der Waals surface area contributed by atoms with Crippen LogP contribution in [0.15, 0.2) is 24.3 Å². The van der Waals surface area contributed by atoms with Gasteiger partial charge in [0.1, 0.15) is 5.75 Å². The zero-order chi connectivity index (χ0) is 18.2. The number of carbonyl (C=O) groups excluding carboxylic acids is 1. The molecule has 0 unspecified atom stereocenters. The van der Waals surface area contributed by atoms with E-state index < -0.39 is 31.0 Å². The minimum absolute atomic E-state index is 0.0220. The van der Waals surface area contributed by atoms with Crippen LogP contribution in [0.4, 0.5) is 8.78 Å². The minimum Gasteiger partial charge on any atom is -0.483 e. The summed E-state index contributed by atoms with van der Waals surface area (Å²) < 4.78 is 31.8. The molecule has 2 aromatic rings. The number of aromatic nitrogens is 1. The zero-order valence-corrected chi connectivity index (χ0v) is 13.5. The lowest BCUT2D eigenvalue weighted by Gasteiger charge is -2.17. The lowest BCUT2D eigenvalue weighted by molar-refractivity contribution is -0.133. The Balaban J connectivity index is 1.83. The Morgan fingerprint density at radius 1 is 1.36 bits per heavy atom. The van der Waals surface area contributed by atoms with Crippen molar-refractivity contribution in [2.45, 2.75) is 19.3 Å². The fraction of sp³-hybridized carbons (Fsp3) is 0.353. The van der Waals surface area contributed by atoms with Gasteiger partial charge in [-0.15, -0.1) is 0 Å². The highest BCUT2D eigenvalue weighted by Gasteiger charge is 2.40. The van der Waals surface area contributed by atoms with Gasteiger partial charge in [-0.25, -0.2) is 18.6 Å². The highest BCUT2D eigenvalue weighted by molar-refractivity contribution is 5.93. The number of rotatable bonds is 4. The maximum absolute atomic E-state index is 13.2. The molecule has 0 bridgehead atoms. The van der Waals surface area contributed by atoms with Crippen molar-refractivity contribution in [1.82, 2.24) is 9.88 Å². The Bertz CT molecular complexity index is 854. The van der Waals surface area contributed by atoms with Crippen molar-refractivity contribution >= 4 is 22.8 Å². The number of amides is 1. The SMILES string of the molecule is Cc1ccc2c(OCC(=O)N3CCC(F)(F)C3)cc(C(=O)O)nc2c1. The minimum atomic E-state index is -2.87. The fourth-order valence-electron chi connectivity index (χ4n) is 2.72. The van der Waals surface area contributed by atoms with Crippen molar-refractivity contribution in [2.75, 3.05) is 19.7 Å². The number of aryl methyl sites for hydroxylation is 1. The number of aromatic carboxylic acids is 1. The predicted octanol–water partition coefficient (Wildman–Crippen LogP) is 2.49. The largest absolute Gasteiger partial charge is 0.483 e. The second-order valence-electron chi connectivity index (χ2n) is 6.04. The van der Waals surface area contributed by atoms with Crippen LogP contribution in [0.3, 0.4) is 0 Å². The summed E-state index contributed by atoms with van der Waals surface area (Å²) in [5.74, 6) is -4.47. The summed E-state index contributed by atoms with van der Waals surface area (Å²) in [4.78, 5) is 28.4. The average Bonchev–Trinajstić information content (AvgIpc) is 2.91. The van der Waals surface area contributed by atoms with E-state index in [1.165, 1.54) is 6.07 Å². The number of ether oxygens (including phenoxy) is 1. The highest BCUT2D eigenvalue weighted by Crippen LogP contribution is 2.28. The molecule has 1 aliphatic rings. The van der Waals surface area contributed by atoms with Gasteiger partial charge in [-0.3, -0.25) is 4.79 Å². The summed E-state index contributed by atoms with van der Waals surface area (Å²) in [6.07, 6.45) is -0.362. The van der Waals surface area contributed by atoms with Crippen molar-refractivity contribution in [2.24, 2.45) is 0 Å². The van der Waals surface area contributed by atoms with Crippen LogP contribution >= 0.6 is 0 Å². The molecule has 1 saturated heterocycles. The van der Waals surface area contributed by atoms with Crippen LogP contribution < -0.4 is 4.74 Å². The van der Waals surface area contributed by atoms with E-state index in [2.05, 4.69) is 4.98 Å². The van der Waals surface area contributed by atoms with Gasteiger partial charge in [-0.2, -0.15) is 0 Å². The van der Waals surface area contributed by atoms with Crippen molar-refractivity contribution in [1.29, 1.82) is 0 Å². The van der Waals surface area contributed by atoms with Crippen LogP contribution in [-0.4, -0.2) is 52.5 Å². The number of benzene rings is 1. The molecular weight excluding hydrogens is 334 g/mol. The fourth-order valence-corrected chi connectivity index (χ4v) is 2.72. The monoisotopic (exact) mass is 350 g/mol. The molecule has 0 aliphatic carbocycles. The Hall–Kier alpha value is -2.77. The van der Waals surface area contributed by atoms with Gasteiger partial charge in [0.15, 0.2) is 12.3 Å². The van der Waals surface area contributed by atoms with Gasteiger partial charge >= 0.3 is 5.97 Å². The number of carboxylic acids is 1. The molecule has 1 N–H and O–H groups in total.